The van der Waals surface area contributed by atoms with Gasteiger partial charge in [0.25, 0.3) is 0 Å². The van der Waals surface area contributed by atoms with E-state index < -0.39 is 0 Å². The van der Waals surface area contributed by atoms with E-state index >= 15 is 0 Å². The maximum Gasteiger partial charge on any atom is 0.230 e. The Balaban J connectivity index is 2.25. The minimum Gasteiger partial charge on any atom is -0.348 e. The van der Waals surface area contributed by atoms with Crippen molar-refractivity contribution in [1.82, 2.24) is 5.32 Å². The van der Waals surface area contributed by atoms with Crippen molar-refractivity contribution < 1.29 is 4.79 Å². The van der Waals surface area contributed by atoms with Crippen LogP contribution >= 0.6 is 0 Å². The van der Waals surface area contributed by atoms with Gasteiger partial charge < -0.3 is 5.32 Å². The molecule has 2 nitrogen and oxygen atoms in total. The molecule has 1 aliphatic heterocycles. The largest absolute Gasteiger partial charge is 0.348 e. The van der Waals surface area contributed by atoms with Crippen LogP contribution < -0.4 is 5.32 Å². The number of rotatable bonds is 0. The molecule has 2 aliphatic rings. The van der Waals surface area contributed by atoms with E-state index in [4.69, 9.17) is 0 Å². The smallest absolute Gasteiger partial charge is 0.230 e. The van der Waals surface area contributed by atoms with Crippen molar-refractivity contribution in [3.63, 3.8) is 0 Å². The van der Waals surface area contributed by atoms with Crippen molar-refractivity contribution in [3.8, 4) is 0 Å². The van der Waals surface area contributed by atoms with Gasteiger partial charge in [-0.2, -0.15) is 0 Å². The highest BCUT2D eigenvalue weighted by Gasteiger charge is 2.38. The van der Waals surface area contributed by atoms with Gasteiger partial charge in [-0.1, -0.05) is 36.0 Å². The van der Waals surface area contributed by atoms with Crippen molar-refractivity contribution in [2.45, 2.75) is 19.4 Å². The average Bonchev–Trinajstić information content (AvgIpc) is 2.13. The minimum atomic E-state index is 0.0798. The normalized spacial score (nSPS) is 40.7. The summed E-state index contributed by atoms with van der Waals surface area (Å²) in [5, 5.41) is 2.87. The lowest BCUT2D eigenvalue weighted by atomic mass is 9.84. The van der Waals surface area contributed by atoms with Crippen LogP contribution in [0.15, 0.2) is 36.0 Å². The van der Waals surface area contributed by atoms with Crippen LogP contribution in [0.2, 0.25) is 0 Å². The molecule has 0 aromatic heterocycles. The Bertz CT molecular complexity index is 312. The summed E-state index contributed by atoms with van der Waals surface area (Å²) >= 11 is 0. The molecule has 0 saturated carbocycles. The fraction of sp³-hybridized carbons (Fsp3) is 0.364. The van der Waals surface area contributed by atoms with E-state index in [9.17, 15) is 4.79 Å². The molecule has 0 bridgehead atoms. The molecular formula is C11H13NO. The average molecular weight is 175 g/mol. The molecule has 68 valence electrons. The van der Waals surface area contributed by atoms with Crippen molar-refractivity contribution in [1.29, 1.82) is 0 Å². The molecule has 0 aromatic rings. The highest BCUT2D eigenvalue weighted by molar-refractivity contribution is 5.89. The van der Waals surface area contributed by atoms with Crippen LogP contribution in [0.4, 0.5) is 0 Å². The third-order valence-electron chi connectivity index (χ3n) is 2.58. The Kier molecular flexibility index (Phi) is 2.05. The number of carbonyl (C=O) groups excluding carboxylic acids is 1. The van der Waals surface area contributed by atoms with Crippen LogP contribution in [-0.4, -0.2) is 11.9 Å². The van der Waals surface area contributed by atoms with Crippen molar-refractivity contribution in [2.24, 2.45) is 5.92 Å². The van der Waals surface area contributed by atoms with Crippen LogP contribution in [0.1, 0.15) is 13.3 Å². The lowest BCUT2D eigenvalue weighted by molar-refractivity contribution is -0.131. The van der Waals surface area contributed by atoms with Crippen LogP contribution in [0.25, 0.3) is 0 Å². The molecule has 1 fully saturated rings. The van der Waals surface area contributed by atoms with E-state index in [0.29, 0.717) is 0 Å². The van der Waals surface area contributed by atoms with Gasteiger partial charge in [0, 0.05) is 0 Å². The van der Waals surface area contributed by atoms with E-state index in [1.807, 2.05) is 25.2 Å². The molecule has 2 atom stereocenters. The maximum absolute atomic E-state index is 11.2. The Morgan fingerprint density at radius 3 is 3.08 bits per heavy atom. The Morgan fingerprint density at radius 2 is 2.31 bits per heavy atom. The molecule has 0 radical (unpaired) electrons. The monoisotopic (exact) mass is 175 g/mol. The molecule has 13 heavy (non-hydrogen) atoms. The van der Waals surface area contributed by atoms with Crippen LogP contribution in [-0.2, 0) is 4.79 Å². The van der Waals surface area contributed by atoms with Crippen molar-refractivity contribution in [2.75, 3.05) is 0 Å². The molecule has 0 unspecified atom stereocenters. The molecule has 0 spiro atoms. The number of amides is 1. The number of β-lactam (4-membered cyclic amide) rings is 1. The summed E-state index contributed by atoms with van der Waals surface area (Å²) in [5.74, 6) is 0.237. The summed E-state index contributed by atoms with van der Waals surface area (Å²) in [6, 6.07) is 0.214. The second kappa shape index (κ2) is 3.21. The fourth-order valence-electron chi connectivity index (χ4n) is 1.78. The zero-order valence-electron chi connectivity index (χ0n) is 7.66. The van der Waals surface area contributed by atoms with Crippen LogP contribution in [0.5, 0.6) is 0 Å². The summed E-state index contributed by atoms with van der Waals surface area (Å²) in [6.07, 6.45) is 11.2. The Labute approximate surface area is 78.0 Å². The zero-order chi connectivity index (χ0) is 9.26. The molecule has 0 aromatic carbocycles. The van der Waals surface area contributed by atoms with Gasteiger partial charge in [0.15, 0.2) is 0 Å². The number of fused-ring (bicyclic) bond motifs is 1. The quantitative estimate of drug-likeness (QED) is 0.439. The van der Waals surface area contributed by atoms with Gasteiger partial charge in [0.05, 0.1) is 12.0 Å². The molecule has 1 amide bonds. The van der Waals surface area contributed by atoms with Gasteiger partial charge in [-0.3, -0.25) is 4.79 Å². The van der Waals surface area contributed by atoms with Gasteiger partial charge >= 0.3 is 0 Å². The SMILES string of the molecule is C/C1=C/C/C=C\C=C/[C@H]2NC(=O)[C@@H]12. The van der Waals surface area contributed by atoms with Gasteiger partial charge in [0.1, 0.15) is 0 Å². The predicted octanol–water partition coefficient (Wildman–Crippen LogP) is 1.56. The van der Waals surface area contributed by atoms with Crippen molar-refractivity contribution >= 4 is 5.91 Å². The van der Waals surface area contributed by atoms with Gasteiger partial charge in [-0.05, 0) is 13.3 Å². The number of nitrogens with one attached hydrogen (secondary N) is 1. The van der Waals surface area contributed by atoms with E-state index in [-0.39, 0.29) is 17.9 Å². The molecule has 1 N–H and O–H groups in total. The zero-order valence-corrected chi connectivity index (χ0v) is 7.66. The van der Waals surface area contributed by atoms with E-state index in [2.05, 4.69) is 17.5 Å². The summed E-state index contributed by atoms with van der Waals surface area (Å²) in [4.78, 5) is 11.2. The summed E-state index contributed by atoms with van der Waals surface area (Å²) in [7, 11) is 0. The second-order valence-electron chi connectivity index (χ2n) is 3.51. The second-order valence-corrected chi connectivity index (χ2v) is 3.51. The van der Waals surface area contributed by atoms with Crippen LogP contribution in [0.3, 0.4) is 0 Å². The molecule has 2 heteroatoms. The van der Waals surface area contributed by atoms with Crippen molar-refractivity contribution in [3.05, 3.63) is 36.0 Å². The topological polar surface area (TPSA) is 29.1 Å². The standard InChI is InChI=1S/C11H13NO/c1-8-6-4-2-3-5-7-9-10(8)11(13)12-9/h2-3,5-7,9-10H,4H2,1H3,(H,12,13)/b3-2-,7-5-,8-6-/t9-,10+/m1/s1. The Hall–Kier alpha value is -1.31. The first kappa shape index (κ1) is 8.30. The fourth-order valence-corrected chi connectivity index (χ4v) is 1.78. The minimum absolute atomic E-state index is 0.0798. The summed E-state index contributed by atoms with van der Waals surface area (Å²) in [6.45, 7) is 2.03. The number of allylic oxidation sites excluding steroid dienone is 4. The first-order valence-corrected chi connectivity index (χ1v) is 4.59. The predicted molar refractivity (Wildman–Crippen MR) is 52.1 cm³/mol. The summed E-state index contributed by atoms with van der Waals surface area (Å²) in [5.41, 5.74) is 1.19. The Morgan fingerprint density at radius 1 is 1.46 bits per heavy atom. The van der Waals surface area contributed by atoms with E-state index in [0.717, 1.165) is 6.42 Å². The lowest BCUT2D eigenvalue weighted by Gasteiger charge is -2.35. The molecule has 2 rings (SSSR count). The first-order chi connectivity index (χ1) is 6.29. The maximum atomic E-state index is 11.2. The van der Waals surface area contributed by atoms with Gasteiger partial charge in [-0.25, -0.2) is 0 Å². The summed E-state index contributed by atoms with van der Waals surface area (Å²) < 4.78 is 0. The third-order valence-corrected chi connectivity index (χ3v) is 2.58. The first-order valence-electron chi connectivity index (χ1n) is 4.59. The highest BCUT2D eigenvalue weighted by atomic mass is 16.2. The molecule has 1 aliphatic carbocycles. The number of carbonyl (C=O) groups is 1. The van der Waals surface area contributed by atoms with Gasteiger partial charge in [0.2, 0.25) is 5.91 Å². The number of hydrogen-bond donors (Lipinski definition) is 1. The van der Waals surface area contributed by atoms with Crippen LogP contribution in [0, 0.1) is 5.92 Å². The lowest BCUT2D eigenvalue weighted by Crippen LogP contribution is -2.57. The number of hydrogen-bond acceptors (Lipinski definition) is 1. The third kappa shape index (κ3) is 1.44. The van der Waals surface area contributed by atoms with Gasteiger partial charge in [-0.15, -0.1) is 0 Å². The highest BCUT2D eigenvalue weighted by Crippen LogP contribution is 2.25. The van der Waals surface area contributed by atoms with E-state index in [1.165, 1.54) is 5.57 Å². The molecular weight excluding hydrogens is 162 g/mol. The molecule has 1 heterocycles. The molecule has 1 saturated heterocycles. The van der Waals surface area contributed by atoms with E-state index in [1.54, 1.807) is 0 Å².